The van der Waals surface area contributed by atoms with Crippen molar-refractivity contribution in [1.29, 1.82) is 0 Å². The zero-order valence-electron chi connectivity index (χ0n) is 9.04. The van der Waals surface area contributed by atoms with Crippen molar-refractivity contribution in [2.24, 2.45) is 0 Å². The van der Waals surface area contributed by atoms with Crippen molar-refractivity contribution in [2.45, 2.75) is 12.2 Å². The second kappa shape index (κ2) is 5.55. The number of hydrogen-bond acceptors (Lipinski definition) is 5. The summed E-state index contributed by atoms with van der Waals surface area (Å²) in [5.41, 5.74) is 0.683. The Kier molecular flexibility index (Phi) is 4.36. The fourth-order valence-electron chi connectivity index (χ4n) is 0.978. The Morgan fingerprint density at radius 2 is 2.31 bits per heavy atom. The van der Waals surface area contributed by atoms with Crippen LogP contribution in [0.2, 0.25) is 0 Å². The Bertz CT molecular complexity index is 393. The molecule has 0 aliphatic heterocycles. The molecule has 88 valence electrons. The summed E-state index contributed by atoms with van der Waals surface area (Å²) in [6, 6.07) is 2.91. The minimum Gasteiger partial charge on any atom is -0.381 e. The third-order valence-electron chi connectivity index (χ3n) is 2.10. The zero-order chi connectivity index (χ0) is 12.1. The molecule has 7 heteroatoms. The van der Waals surface area contributed by atoms with Crippen LogP contribution in [0.15, 0.2) is 18.3 Å². The van der Waals surface area contributed by atoms with Crippen LogP contribution in [0.1, 0.15) is 6.92 Å². The first-order valence-corrected chi connectivity index (χ1v) is 6.29. The molecule has 0 saturated carbocycles. The standard InChI is InChI=1S/C9H13N3O3S/c1-7(16(2)15)5-10-8-3-4-9(11-6-8)12(13)14/h3-4,6-7,10H,5H2,1-2H3. The van der Waals surface area contributed by atoms with Gasteiger partial charge in [0.15, 0.2) is 6.20 Å². The summed E-state index contributed by atoms with van der Waals surface area (Å²) in [5, 5.41) is 13.4. The molecule has 0 aliphatic rings. The predicted octanol–water partition coefficient (Wildman–Crippen LogP) is 1.17. The van der Waals surface area contributed by atoms with Gasteiger partial charge in [0.2, 0.25) is 0 Å². The van der Waals surface area contributed by atoms with Crippen molar-refractivity contribution < 1.29 is 9.13 Å². The number of nitro groups is 1. The molecule has 0 amide bonds. The second-order valence-electron chi connectivity index (χ2n) is 3.35. The number of aromatic nitrogens is 1. The van der Waals surface area contributed by atoms with E-state index in [-0.39, 0.29) is 11.1 Å². The molecule has 1 aromatic rings. The Morgan fingerprint density at radius 1 is 1.62 bits per heavy atom. The van der Waals surface area contributed by atoms with Crippen molar-refractivity contribution in [3.05, 3.63) is 28.4 Å². The third-order valence-corrected chi connectivity index (χ3v) is 3.40. The van der Waals surface area contributed by atoms with Gasteiger partial charge in [0, 0.05) is 34.9 Å². The van der Waals surface area contributed by atoms with Gasteiger partial charge in [-0.3, -0.25) is 4.21 Å². The van der Waals surface area contributed by atoms with Crippen LogP contribution in [-0.2, 0) is 10.8 Å². The normalized spacial score (nSPS) is 14.1. The van der Waals surface area contributed by atoms with Crippen molar-refractivity contribution in [3.8, 4) is 0 Å². The van der Waals surface area contributed by atoms with E-state index in [9.17, 15) is 14.3 Å². The quantitative estimate of drug-likeness (QED) is 0.619. The Labute approximate surface area is 95.7 Å². The van der Waals surface area contributed by atoms with Gasteiger partial charge in [-0.15, -0.1) is 0 Å². The average molecular weight is 243 g/mol. The van der Waals surface area contributed by atoms with Gasteiger partial charge in [0.05, 0.1) is 5.69 Å². The summed E-state index contributed by atoms with van der Waals surface area (Å²) < 4.78 is 11.1. The molecule has 6 nitrogen and oxygen atoms in total. The van der Waals surface area contributed by atoms with Gasteiger partial charge in [0.25, 0.3) is 0 Å². The van der Waals surface area contributed by atoms with E-state index in [0.29, 0.717) is 12.2 Å². The van der Waals surface area contributed by atoms with Crippen molar-refractivity contribution in [1.82, 2.24) is 4.98 Å². The first kappa shape index (κ1) is 12.6. The van der Waals surface area contributed by atoms with Crippen LogP contribution in [-0.4, -0.2) is 32.2 Å². The van der Waals surface area contributed by atoms with E-state index in [2.05, 4.69) is 10.3 Å². The largest absolute Gasteiger partial charge is 0.381 e. The predicted molar refractivity (Wildman–Crippen MR) is 62.9 cm³/mol. The minimum absolute atomic E-state index is 0.0233. The van der Waals surface area contributed by atoms with E-state index in [0.717, 1.165) is 0 Å². The van der Waals surface area contributed by atoms with E-state index >= 15 is 0 Å². The van der Waals surface area contributed by atoms with Crippen LogP contribution in [0.3, 0.4) is 0 Å². The van der Waals surface area contributed by atoms with E-state index < -0.39 is 15.7 Å². The molecular weight excluding hydrogens is 230 g/mol. The van der Waals surface area contributed by atoms with Crippen molar-refractivity contribution >= 4 is 22.3 Å². The van der Waals surface area contributed by atoms with Crippen LogP contribution < -0.4 is 5.32 Å². The summed E-state index contributed by atoms with van der Waals surface area (Å²) in [6.45, 7) is 2.41. The van der Waals surface area contributed by atoms with Gasteiger partial charge in [0.1, 0.15) is 0 Å². The first-order valence-electron chi connectivity index (χ1n) is 4.67. The van der Waals surface area contributed by atoms with Gasteiger partial charge < -0.3 is 15.4 Å². The smallest absolute Gasteiger partial charge is 0.363 e. The molecule has 0 aliphatic carbocycles. The lowest BCUT2D eigenvalue weighted by molar-refractivity contribution is -0.389. The number of anilines is 1. The zero-order valence-corrected chi connectivity index (χ0v) is 9.86. The molecule has 0 saturated heterocycles. The Morgan fingerprint density at radius 3 is 2.75 bits per heavy atom. The number of nitrogens with zero attached hydrogens (tertiary/aromatic N) is 2. The number of hydrogen-bond donors (Lipinski definition) is 1. The number of pyridine rings is 1. The topological polar surface area (TPSA) is 85.1 Å². The number of rotatable bonds is 5. The van der Waals surface area contributed by atoms with Crippen LogP contribution >= 0.6 is 0 Å². The molecule has 16 heavy (non-hydrogen) atoms. The molecule has 1 rings (SSSR count). The highest BCUT2D eigenvalue weighted by Gasteiger charge is 2.08. The van der Waals surface area contributed by atoms with Gasteiger partial charge in [-0.1, -0.05) is 0 Å². The molecule has 0 fully saturated rings. The highest BCUT2D eigenvalue weighted by molar-refractivity contribution is 7.84. The van der Waals surface area contributed by atoms with E-state index in [1.54, 1.807) is 12.3 Å². The molecule has 1 aromatic heterocycles. The van der Waals surface area contributed by atoms with Crippen LogP contribution in [0.4, 0.5) is 11.5 Å². The highest BCUT2D eigenvalue weighted by Crippen LogP contribution is 2.11. The van der Waals surface area contributed by atoms with Gasteiger partial charge in [-0.05, 0) is 22.9 Å². The van der Waals surface area contributed by atoms with Gasteiger partial charge in [-0.2, -0.15) is 0 Å². The fourth-order valence-corrected chi connectivity index (χ4v) is 1.30. The van der Waals surface area contributed by atoms with Gasteiger partial charge in [-0.25, -0.2) is 0 Å². The monoisotopic (exact) mass is 243 g/mol. The van der Waals surface area contributed by atoms with E-state index in [1.807, 2.05) is 6.92 Å². The first-order chi connectivity index (χ1) is 7.50. The lowest BCUT2D eigenvalue weighted by Crippen LogP contribution is -2.20. The molecule has 2 unspecified atom stereocenters. The summed E-state index contributed by atoms with van der Waals surface area (Å²) in [6.07, 6.45) is 3.03. The Hall–Kier alpha value is -1.50. The maximum absolute atomic E-state index is 11.1. The molecule has 1 N–H and O–H groups in total. The molecule has 0 spiro atoms. The summed E-state index contributed by atoms with van der Waals surface area (Å²) in [5.74, 6) is -0.183. The maximum Gasteiger partial charge on any atom is 0.363 e. The molecular formula is C9H13N3O3S. The molecule has 2 atom stereocenters. The molecule has 0 aromatic carbocycles. The number of nitrogens with one attached hydrogen (secondary N) is 1. The lowest BCUT2D eigenvalue weighted by atomic mass is 10.4. The fraction of sp³-hybridized carbons (Fsp3) is 0.444. The van der Waals surface area contributed by atoms with E-state index in [4.69, 9.17) is 0 Å². The third kappa shape index (κ3) is 3.58. The summed E-state index contributed by atoms with van der Waals surface area (Å²) in [4.78, 5) is 13.5. The maximum atomic E-state index is 11.1. The van der Waals surface area contributed by atoms with E-state index in [1.165, 1.54) is 12.3 Å². The highest BCUT2D eigenvalue weighted by atomic mass is 32.2. The molecule has 0 bridgehead atoms. The molecule has 0 radical (unpaired) electrons. The van der Waals surface area contributed by atoms with Crippen LogP contribution in [0, 0.1) is 10.1 Å². The lowest BCUT2D eigenvalue weighted by Gasteiger charge is -2.09. The summed E-state index contributed by atoms with van der Waals surface area (Å²) in [7, 11) is -0.887. The second-order valence-corrected chi connectivity index (χ2v) is 5.15. The van der Waals surface area contributed by atoms with Gasteiger partial charge >= 0.3 is 5.82 Å². The minimum atomic E-state index is -0.887. The van der Waals surface area contributed by atoms with Crippen LogP contribution in [0.25, 0.3) is 0 Å². The average Bonchev–Trinajstić information content (AvgIpc) is 2.26. The van der Waals surface area contributed by atoms with Crippen LogP contribution in [0.5, 0.6) is 0 Å². The molecule has 1 heterocycles. The SMILES string of the molecule is CC(CNc1ccc([N+](=O)[O-])nc1)S(C)=O. The van der Waals surface area contributed by atoms with Crippen molar-refractivity contribution in [2.75, 3.05) is 18.1 Å². The summed E-state index contributed by atoms with van der Waals surface area (Å²) >= 11 is 0. The van der Waals surface area contributed by atoms with Crippen molar-refractivity contribution in [3.63, 3.8) is 0 Å². The Balaban J connectivity index is 2.56.